The molecule has 4 aromatic carbocycles. The van der Waals surface area contributed by atoms with Crippen molar-refractivity contribution in [3.63, 3.8) is 0 Å². The molecule has 0 unspecified atom stereocenters. The molecule has 0 N–H and O–H groups in total. The second-order valence-corrected chi connectivity index (χ2v) is 14.0. The van der Waals surface area contributed by atoms with Crippen molar-refractivity contribution in [3.05, 3.63) is 94.1 Å². The van der Waals surface area contributed by atoms with Crippen LogP contribution < -0.4 is 18.9 Å². The van der Waals surface area contributed by atoms with Crippen LogP contribution in [0.4, 0.5) is 0 Å². The van der Waals surface area contributed by atoms with Crippen molar-refractivity contribution in [2.24, 2.45) is 0 Å². The molecular formula is C43H48O8. The van der Waals surface area contributed by atoms with E-state index in [0.29, 0.717) is 74.1 Å². The first-order valence-electron chi connectivity index (χ1n) is 17.2. The Kier molecular flexibility index (Phi) is 12.2. The molecular weight excluding hydrogens is 644 g/mol. The Balaban J connectivity index is 1.70. The van der Waals surface area contributed by atoms with Crippen LogP contribution in [-0.4, -0.2) is 23.9 Å². The minimum Gasteiger partial charge on any atom is -0.426 e. The lowest BCUT2D eigenvalue weighted by Gasteiger charge is -2.30. The minimum absolute atomic E-state index is 0.237. The van der Waals surface area contributed by atoms with Gasteiger partial charge < -0.3 is 18.9 Å². The van der Waals surface area contributed by atoms with Crippen molar-refractivity contribution in [2.45, 2.75) is 100 Å². The highest BCUT2D eigenvalue weighted by atomic mass is 16.6. The van der Waals surface area contributed by atoms with E-state index in [4.69, 9.17) is 18.9 Å². The van der Waals surface area contributed by atoms with Crippen molar-refractivity contribution in [1.82, 2.24) is 0 Å². The van der Waals surface area contributed by atoms with E-state index in [1.54, 1.807) is 0 Å². The van der Waals surface area contributed by atoms with Gasteiger partial charge in [-0.15, -0.1) is 0 Å². The van der Waals surface area contributed by atoms with Gasteiger partial charge in [-0.1, -0.05) is 85.7 Å². The largest absolute Gasteiger partial charge is 0.426 e. The van der Waals surface area contributed by atoms with Crippen LogP contribution in [0, 0.1) is 13.8 Å². The molecule has 8 nitrogen and oxygen atoms in total. The number of fused-ring (bicyclic) bond motifs is 2. The summed E-state index contributed by atoms with van der Waals surface area (Å²) < 4.78 is 23.6. The Morgan fingerprint density at radius 3 is 1.43 bits per heavy atom. The molecule has 0 amide bonds. The predicted octanol–water partition coefficient (Wildman–Crippen LogP) is 9.89. The van der Waals surface area contributed by atoms with Gasteiger partial charge in [0.25, 0.3) is 0 Å². The summed E-state index contributed by atoms with van der Waals surface area (Å²) in [7, 11) is 0. The van der Waals surface area contributed by atoms with E-state index in [2.05, 4.69) is 19.9 Å². The van der Waals surface area contributed by atoms with Gasteiger partial charge in [-0.3, -0.25) is 19.2 Å². The smallest absolute Gasteiger partial charge is 0.311 e. The fourth-order valence-electron chi connectivity index (χ4n) is 6.29. The van der Waals surface area contributed by atoms with E-state index in [9.17, 15) is 19.2 Å². The monoisotopic (exact) mass is 692 g/mol. The van der Waals surface area contributed by atoms with Crippen molar-refractivity contribution in [2.75, 3.05) is 0 Å². The molecule has 0 aliphatic heterocycles. The average molecular weight is 693 g/mol. The first-order valence-corrected chi connectivity index (χ1v) is 17.2. The fraction of sp³-hybridized carbons (Fsp3) is 0.349. The van der Waals surface area contributed by atoms with Gasteiger partial charge in [-0.25, -0.2) is 0 Å². The average Bonchev–Trinajstić information content (AvgIpc) is 3.05. The maximum absolute atomic E-state index is 13.6. The zero-order chi connectivity index (χ0) is 37.6. The summed E-state index contributed by atoms with van der Waals surface area (Å²) in [6.07, 6.45) is 4.75. The van der Waals surface area contributed by atoms with Crippen LogP contribution in [0.1, 0.15) is 96.9 Å². The summed E-state index contributed by atoms with van der Waals surface area (Å²) in [5.41, 5.74) is 4.53. The van der Waals surface area contributed by atoms with Crippen LogP contribution in [0.5, 0.6) is 23.0 Å². The molecule has 4 aromatic rings. The molecule has 0 aliphatic carbocycles. The fourth-order valence-corrected chi connectivity index (χ4v) is 6.29. The lowest BCUT2D eigenvalue weighted by Crippen LogP contribution is -2.22. The Morgan fingerprint density at radius 2 is 0.980 bits per heavy atom. The van der Waals surface area contributed by atoms with Crippen molar-refractivity contribution >= 4 is 45.4 Å². The summed E-state index contributed by atoms with van der Waals surface area (Å²) >= 11 is 0. The molecule has 0 atom stereocenters. The van der Waals surface area contributed by atoms with Gasteiger partial charge in [0.2, 0.25) is 0 Å². The van der Waals surface area contributed by atoms with Crippen molar-refractivity contribution in [3.8, 4) is 23.0 Å². The van der Waals surface area contributed by atoms with Crippen LogP contribution >= 0.6 is 0 Å². The molecule has 0 bridgehead atoms. The number of esters is 4. The minimum atomic E-state index is -0.606. The maximum atomic E-state index is 13.6. The Morgan fingerprint density at radius 1 is 0.569 bits per heavy atom. The number of carbonyl (C=O) groups is 4. The molecule has 0 fully saturated rings. The van der Waals surface area contributed by atoms with Crippen LogP contribution in [0.2, 0.25) is 0 Å². The van der Waals surface area contributed by atoms with Crippen molar-refractivity contribution in [1.29, 1.82) is 0 Å². The highest BCUT2D eigenvalue weighted by Gasteiger charge is 2.32. The van der Waals surface area contributed by atoms with E-state index < -0.39 is 29.3 Å². The van der Waals surface area contributed by atoms with E-state index in [1.165, 1.54) is 13.8 Å². The zero-order valence-electron chi connectivity index (χ0n) is 31.4. The van der Waals surface area contributed by atoms with Crippen LogP contribution in [0.25, 0.3) is 21.5 Å². The highest BCUT2D eigenvalue weighted by Crippen LogP contribution is 2.47. The summed E-state index contributed by atoms with van der Waals surface area (Å²) in [6, 6.07) is 14.6. The Labute approximate surface area is 300 Å². The second-order valence-electron chi connectivity index (χ2n) is 14.0. The number of allylic oxidation sites excluding steroid dienone is 4. The topological polar surface area (TPSA) is 105 Å². The van der Waals surface area contributed by atoms with E-state index in [1.807, 2.05) is 96.1 Å². The first kappa shape index (κ1) is 38.6. The Bertz CT molecular complexity index is 2070. The van der Waals surface area contributed by atoms with Crippen LogP contribution in [-0.2, 0) is 31.0 Å². The molecule has 0 aliphatic rings. The number of rotatable bonds is 12. The van der Waals surface area contributed by atoms with Crippen LogP contribution in [0.15, 0.2) is 71.8 Å². The lowest BCUT2D eigenvalue weighted by molar-refractivity contribution is -0.140. The van der Waals surface area contributed by atoms with E-state index >= 15 is 0 Å². The Hall–Kier alpha value is -5.24. The third-order valence-electron chi connectivity index (χ3n) is 8.71. The molecule has 0 spiro atoms. The zero-order valence-corrected chi connectivity index (χ0v) is 31.4. The highest BCUT2D eigenvalue weighted by molar-refractivity contribution is 6.00. The summed E-state index contributed by atoms with van der Waals surface area (Å²) in [5.74, 6) is -0.536. The van der Waals surface area contributed by atoms with Gasteiger partial charge in [-0.05, 0) is 70.9 Å². The van der Waals surface area contributed by atoms with E-state index in [0.717, 1.165) is 16.7 Å². The summed E-state index contributed by atoms with van der Waals surface area (Å²) in [6.45, 7) is 18.5. The molecule has 4 rings (SSSR count). The van der Waals surface area contributed by atoms with Gasteiger partial charge in [0.05, 0.1) is 12.8 Å². The predicted molar refractivity (Wildman–Crippen MR) is 201 cm³/mol. The van der Waals surface area contributed by atoms with E-state index in [-0.39, 0.29) is 12.8 Å². The summed E-state index contributed by atoms with van der Waals surface area (Å²) in [5, 5.41) is 2.51. The molecule has 51 heavy (non-hydrogen) atoms. The second kappa shape index (κ2) is 16.2. The number of benzene rings is 4. The molecule has 0 heterocycles. The number of carbonyl (C=O) groups excluding carboxylic acids is 4. The summed E-state index contributed by atoms with van der Waals surface area (Å²) in [4.78, 5) is 51.3. The lowest BCUT2D eigenvalue weighted by atomic mass is 9.77. The SMILES string of the molecule is CC(=O)Oc1c(C)c(CC=C(C)C)c(OC(=O)CCC(=O)Oc2c(C(C)(C)CC=C(C)C)c(C)c(OC(C)=O)c3ccccc23)c2ccccc12. The number of hydrogen-bond donors (Lipinski definition) is 0. The quantitative estimate of drug-likeness (QED) is 0.0821. The first-order chi connectivity index (χ1) is 24.0. The number of ether oxygens (including phenoxy) is 4. The number of hydrogen-bond acceptors (Lipinski definition) is 8. The standard InChI is InChI=1S/C43H48O8/c1-25(2)19-20-31-27(5)39(48-29(7)44)32-15-11-13-17-34(32)41(31)50-36(46)21-22-37(47)51-42-35-18-14-12-16-33(35)40(49-30(8)45)28(6)38(42)43(9,10)24-23-26(3)4/h11-19,23H,20-22,24H2,1-10H3. The normalized spacial score (nSPS) is 11.2. The van der Waals surface area contributed by atoms with Gasteiger partial charge in [0, 0.05) is 46.5 Å². The van der Waals surface area contributed by atoms with Gasteiger partial charge in [0.15, 0.2) is 0 Å². The van der Waals surface area contributed by atoms with Gasteiger partial charge >= 0.3 is 23.9 Å². The molecule has 8 heteroatoms. The molecule has 268 valence electrons. The molecule has 0 saturated carbocycles. The molecule has 0 aromatic heterocycles. The molecule has 0 radical (unpaired) electrons. The van der Waals surface area contributed by atoms with Gasteiger partial charge in [-0.2, -0.15) is 0 Å². The molecule has 0 saturated heterocycles. The van der Waals surface area contributed by atoms with Crippen LogP contribution in [0.3, 0.4) is 0 Å². The maximum Gasteiger partial charge on any atom is 0.311 e. The third kappa shape index (κ3) is 9.11. The third-order valence-corrected chi connectivity index (χ3v) is 8.71. The van der Waals surface area contributed by atoms with Gasteiger partial charge in [0.1, 0.15) is 23.0 Å². The van der Waals surface area contributed by atoms with Crippen molar-refractivity contribution < 1.29 is 38.1 Å².